The van der Waals surface area contributed by atoms with Crippen LogP contribution >= 0.6 is 0 Å². The Kier molecular flexibility index (Phi) is 6.26. The Labute approximate surface area is 138 Å². The molecule has 0 aliphatic rings. The number of nitrogens with zero attached hydrogens (tertiary/aromatic N) is 3. The largest absolute Gasteiger partial charge is 0.491 e. The van der Waals surface area contributed by atoms with Crippen LogP contribution in [0.3, 0.4) is 0 Å². The third-order valence-electron chi connectivity index (χ3n) is 3.03. The molecule has 1 aromatic carbocycles. The standard InChI is InChI=1S/C15H18N4O5/c1-23-6-7-24-12-4-2-11(3-5-12)8-16-14(20)10-19-9-13(15(21)22)17-18-19/h2-5,9H,6-8,10H2,1H3,(H,16,20)(H,21,22). The van der Waals surface area contributed by atoms with Gasteiger partial charge >= 0.3 is 5.97 Å². The van der Waals surface area contributed by atoms with E-state index in [0.29, 0.717) is 19.8 Å². The maximum atomic E-state index is 11.8. The number of hydrogen-bond donors (Lipinski definition) is 2. The molecule has 1 heterocycles. The molecule has 1 amide bonds. The summed E-state index contributed by atoms with van der Waals surface area (Å²) in [6.07, 6.45) is 1.20. The molecule has 2 rings (SSSR count). The highest BCUT2D eigenvalue weighted by Gasteiger charge is 2.10. The quantitative estimate of drug-likeness (QED) is 0.634. The lowest BCUT2D eigenvalue weighted by molar-refractivity contribution is -0.122. The summed E-state index contributed by atoms with van der Waals surface area (Å²) >= 11 is 0. The average Bonchev–Trinajstić information content (AvgIpc) is 3.03. The van der Waals surface area contributed by atoms with Crippen LogP contribution in [0.25, 0.3) is 0 Å². The minimum atomic E-state index is -1.19. The van der Waals surface area contributed by atoms with Crippen molar-refractivity contribution in [1.29, 1.82) is 0 Å². The van der Waals surface area contributed by atoms with Crippen molar-refractivity contribution in [2.24, 2.45) is 0 Å². The van der Waals surface area contributed by atoms with Crippen LogP contribution in [0.2, 0.25) is 0 Å². The van der Waals surface area contributed by atoms with Gasteiger partial charge in [0, 0.05) is 13.7 Å². The molecule has 0 saturated carbocycles. The molecule has 0 radical (unpaired) electrons. The van der Waals surface area contributed by atoms with Crippen molar-refractivity contribution in [2.75, 3.05) is 20.3 Å². The van der Waals surface area contributed by atoms with Gasteiger partial charge in [-0.1, -0.05) is 17.3 Å². The first kappa shape index (κ1) is 17.4. The number of nitrogens with one attached hydrogen (secondary N) is 1. The van der Waals surface area contributed by atoms with Gasteiger partial charge in [0.15, 0.2) is 5.69 Å². The summed E-state index contributed by atoms with van der Waals surface area (Å²) < 4.78 is 11.5. The summed E-state index contributed by atoms with van der Waals surface area (Å²) in [6.45, 7) is 1.24. The highest BCUT2D eigenvalue weighted by molar-refractivity contribution is 5.84. The molecule has 2 N–H and O–H groups in total. The van der Waals surface area contributed by atoms with E-state index in [1.807, 2.05) is 24.3 Å². The van der Waals surface area contributed by atoms with Gasteiger partial charge in [-0.05, 0) is 17.7 Å². The molecular weight excluding hydrogens is 316 g/mol. The van der Waals surface area contributed by atoms with Crippen LogP contribution in [0.4, 0.5) is 0 Å². The second kappa shape index (κ2) is 8.63. The van der Waals surface area contributed by atoms with Crippen molar-refractivity contribution in [3.8, 4) is 5.75 Å². The second-order valence-electron chi connectivity index (χ2n) is 4.87. The third kappa shape index (κ3) is 5.36. The van der Waals surface area contributed by atoms with Gasteiger partial charge in [0.2, 0.25) is 5.91 Å². The number of hydrogen-bond acceptors (Lipinski definition) is 6. The lowest BCUT2D eigenvalue weighted by Gasteiger charge is -2.08. The Morgan fingerprint density at radius 1 is 1.25 bits per heavy atom. The first-order valence-corrected chi connectivity index (χ1v) is 7.19. The third-order valence-corrected chi connectivity index (χ3v) is 3.03. The molecule has 2 aromatic rings. The predicted molar refractivity (Wildman–Crippen MR) is 82.6 cm³/mol. The number of aromatic carboxylic acids is 1. The number of carboxylic acids is 1. The smallest absolute Gasteiger partial charge is 0.358 e. The van der Waals surface area contributed by atoms with Crippen LogP contribution < -0.4 is 10.1 Å². The van der Waals surface area contributed by atoms with Crippen molar-refractivity contribution in [1.82, 2.24) is 20.3 Å². The fraction of sp³-hybridized carbons (Fsp3) is 0.333. The van der Waals surface area contributed by atoms with Crippen molar-refractivity contribution in [3.63, 3.8) is 0 Å². The Balaban J connectivity index is 1.77. The maximum absolute atomic E-state index is 11.8. The molecule has 0 fully saturated rings. The lowest BCUT2D eigenvalue weighted by Crippen LogP contribution is -2.27. The lowest BCUT2D eigenvalue weighted by atomic mass is 10.2. The number of carbonyl (C=O) groups is 2. The summed E-state index contributed by atoms with van der Waals surface area (Å²) in [5, 5.41) is 18.5. The molecule has 9 nitrogen and oxygen atoms in total. The Morgan fingerprint density at radius 3 is 2.62 bits per heavy atom. The van der Waals surface area contributed by atoms with Gasteiger partial charge in [-0.3, -0.25) is 4.79 Å². The highest BCUT2D eigenvalue weighted by atomic mass is 16.5. The topological polar surface area (TPSA) is 116 Å². The van der Waals surface area contributed by atoms with Crippen molar-refractivity contribution in [3.05, 3.63) is 41.7 Å². The van der Waals surface area contributed by atoms with Crippen LogP contribution in [0.5, 0.6) is 5.75 Å². The average molecular weight is 334 g/mol. The van der Waals surface area contributed by atoms with E-state index < -0.39 is 5.97 Å². The summed E-state index contributed by atoms with van der Waals surface area (Å²) in [7, 11) is 1.61. The van der Waals surface area contributed by atoms with E-state index in [1.54, 1.807) is 7.11 Å². The van der Waals surface area contributed by atoms with Gasteiger partial charge in [-0.15, -0.1) is 5.10 Å². The SMILES string of the molecule is COCCOc1ccc(CNC(=O)Cn2cc(C(=O)O)nn2)cc1. The summed E-state index contributed by atoms with van der Waals surface area (Å²) in [5.74, 6) is -0.752. The van der Waals surface area contributed by atoms with Gasteiger partial charge in [0.05, 0.1) is 12.8 Å². The first-order valence-electron chi connectivity index (χ1n) is 7.19. The zero-order chi connectivity index (χ0) is 17.4. The van der Waals surface area contributed by atoms with E-state index in [4.69, 9.17) is 14.6 Å². The van der Waals surface area contributed by atoms with Gasteiger partial charge in [0.1, 0.15) is 18.9 Å². The van der Waals surface area contributed by atoms with Crippen molar-refractivity contribution in [2.45, 2.75) is 13.1 Å². The molecule has 0 atom stereocenters. The number of carbonyl (C=O) groups excluding carboxylic acids is 1. The monoisotopic (exact) mass is 334 g/mol. The van der Waals surface area contributed by atoms with E-state index in [9.17, 15) is 9.59 Å². The van der Waals surface area contributed by atoms with Gasteiger partial charge in [-0.25, -0.2) is 9.48 Å². The fourth-order valence-corrected chi connectivity index (χ4v) is 1.82. The molecular formula is C15H18N4O5. The highest BCUT2D eigenvalue weighted by Crippen LogP contribution is 2.11. The van der Waals surface area contributed by atoms with Crippen molar-refractivity contribution < 1.29 is 24.2 Å². The Hall–Kier alpha value is -2.94. The molecule has 0 aliphatic carbocycles. The normalized spacial score (nSPS) is 10.4. The Morgan fingerprint density at radius 2 is 2.00 bits per heavy atom. The van der Waals surface area contributed by atoms with E-state index in [2.05, 4.69) is 15.6 Å². The minimum absolute atomic E-state index is 0.0987. The fourth-order valence-electron chi connectivity index (χ4n) is 1.82. The molecule has 0 saturated heterocycles. The minimum Gasteiger partial charge on any atom is -0.491 e. The molecule has 24 heavy (non-hydrogen) atoms. The van der Waals surface area contributed by atoms with Gasteiger partial charge < -0.3 is 19.9 Å². The van der Waals surface area contributed by atoms with Gasteiger partial charge in [-0.2, -0.15) is 0 Å². The second-order valence-corrected chi connectivity index (χ2v) is 4.87. The van der Waals surface area contributed by atoms with Crippen LogP contribution in [-0.2, 0) is 22.6 Å². The summed E-state index contributed by atoms with van der Waals surface area (Å²) in [4.78, 5) is 22.5. The number of rotatable bonds is 9. The number of aromatic nitrogens is 3. The molecule has 1 aromatic heterocycles. The predicted octanol–water partition coefficient (Wildman–Crippen LogP) is 0.318. The number of amides is 1. The van der Waals surface area contributed by atoms with Crippen LogP contribution in [0, 0.1) is 0 Å². The van der Waals surface area contributed by atoms with E-state index >= 15 is 0 Å². The number of benzene rings is 1. The first-order chi connectivity index (χ1) is 11.6. The van der Waals surface area contributed by atoms with E-state index in [1.165, 1.54) is 10.9 Å². The molecule has 0 bridgehead atoms. The maximum Gasteiger partial charge on any atom is 0.358 e. The molecule has 0 unspecified atom stereocenters. The zero-order valence-corrected chi connectivity index (χ0v) is 13.1. The van der Waals surface area contributed by atoms with E-state index in [0.717, 1.165) is 11.3 Å². The van der Waals surface area contributed by atoms with Crippen LogP contribution in [0.15, 0.2) is 30.5 Å². The number of methoxy groups -OCH3 is 1. The number of ether oxygens (including phenoxy) is 2. The van der Waals surface area contributed by atoms with Crippen LogP contribution in [-0.4, -0.2) is 52.3 Å². The van der Waals surface area contributed by atoms with Gasteiger partial charge in [0.25, 0.3) is 0 Å². The Bertz CT molecular complexity index is 683. The molecule has 9 heteroatoms. The molecule has 128 valence electrons. The summed E-state index contributed by atoms with van der Waals surface area (Å²) in [5.41, 5.74) is 0.708. The number of carboxylic acid groups (broad SMARTS) is 1. The molecule has 0 aliphatic heterocycles. The van der Waals surface area contributed by atoms with Crippen LogP contribution in [0.1, 0.15) is 16.1 Å². The van der Waals surface area contributed by atoms with E-state index in [-0.39, 0.29) is 18.1 Å². The van der Waals surface area contributed by atoms with Crippen molar-refractivity contribution >= 4 is 11.9 Å². The summed E-state index contributed by atoms with van der Waals surface area (Å²) in [6, 6.07) is 7.32. The molecule has 0 spiro atoms. The zero-order valence-electron chi connectivity index (χ0n) is 13.1.